The van der Waals surface area contributed by atoms with Gasteiger partial charge in [0.05, 0.1) is 0 Å². The average Bonchev–Trinajstić information content (AvgIpc) is 2.93. The first-order chi connectivity index (χ1) is 11.4. The number of ether oxygens (including phenoxy) is 1. The van der Waals surface area contributed by atoms with Gasteiger partial charge in [0.2, 0.25) is 5.89 Å². The Morgan fingerprint density at radius 3 is 2.75 bits per heavy atom. The van der Waals surface area contributed by atoms with Gasteiger partial charge < -0.3 is 14.5 Å². The number of urea groups is 1. The third-order valence-corrected chi connectivity index (χ3v) is 2.69. The molecule has 1 aromatic heterocycles. The molecule has 0 saturated carbocycles. The smallest absolute Gasteiger partial charge is 0.331 e. The van der Waals surface area contributed by atoms with Gasteiger partial charge in [0.1, 0.15) is 5.52 Å². The van der Waals surface area contributed by atoms with Crippen LogP contribution in [-0.2, 0) is 14.3 Å². The van der Waals surface area contributed by atoms with Crippen molar-refractivity contribution in [1.82, 2.24) is 15.6 Å². The number of esters is 1. The number of aromatic nitrogens is 1. The van der Waals surface area contributed by atoms with Gasteiger partial charge in [-0.1, -0.05) is 12.1 Å². The largest absolute Gasteiger partial charge is 0.452 e. The van der Waals surface area contributed by atoms with Crippen LogP contribution in [-0.4, -0.2) is 35.5 Å². The van der Waals surface area contributed by atoms with E-state index in [4.69, 9.17) is 9.15 Å². The maximum Gasteiger partial charge on any atom is 0.331 e. The number of nitrogens with zero attached hydrogens (tertiary/aromatic N) is 1. The maximum atomic E-state index is 11.5. The Morgan fingerprint density at radius 2 is 2.04 bits per heavy atom. The Bertz CT molecular complexity index is 746. The number of fused-ring (bicyclic) bond motifs is 1. The Labute approximate surface area is 137 Å². The fourth-order valence-corrected chi connectivity index (χ4v) is 1.75. The molecule has 0 atom stereocenters. The van der Waals surface area contributed by atoms with Gasteiger partial charge in [0.25, 0.3) is 5.91 Å². The molecule has 0 aliphatic heterocycles. The third kappa shape index (κ3) is 5.24. The average molecular weight is 331 g/mol. The molecule has 2 N–H and O–H groups in total. The Hall–Kier alpha value is -3.16. The van der Waals surface area contributed by atoms with Gasteiger partial charge in [-0.2, -0.15) is 0 Å². The highest BCUT2D eigenvalue weighted by atomic mass is 16.5. The molecule has 1 heterocycles. The van der Waals surface area contributed by atoms with Crippen LogP contribution in [0.2, 0.25) is 0 Å². The number of hydrogen-bond acceptors (Lipinski definition) is 6. The number of hydrogen-bond donors (Lipinski definition) is 2. The van der Waals surface area contributed by atoms with Crippen molar-refractivity contribution < 1.29 is 23.5 Å². The maximum absolute atomic E-state index is 11.5. The lowest BCUT2D eigenvalue weighted by molar-refractivity contribution is -0.143. The Balaban J connectivity index is 1.80. The summed E-state index contributed by atoms with van der Waals surface area (Å²) in [5.41, 5.74) is 1.27. The predicted octanol–water partition coefficient (Wildman–Crippen LogP) is 1.62. The molecular formula is C16H17N3O5. The van der Waals surface area contributed by atoms with E-state index >= 15 is 0 Å². The summed E-state index contributed by atoms with van der Waals surface area (Å²) in [5.74, 6) is -1.23. The van der Waals surface area contributed by atoms with E-state index in [9.17, 15) is 14.4 Å². The second-order valence-corrected chi connectivity index (χ2v) is 5.14. The van der Waals surface area contributed by atoms with E-state index in [1.165, 1.54) is 6.08 Å². The first-order valence-electron chi connectivity index (χ1n) is 7.25. The van der Waals surface area contributed by atoms with E-state index in [-0.39, 0.29) is 11.9 Å². The molecule has 0 fully saturated rings. The molecular weight excluding hydrogens is 314 g/mol. The molecule has 3 amide bonds. The summed E-state index contributed by atoms with van der Waals surface area (Å²) >= 11 is 0. The molecule has 0 unspecified atom stereocenters. The Morgan fingerprint density at radius 1 is 1.29 bits per heavy atom. The number of benzene rings is 1. The van der Waals surface area contributed by atoms with Crippen molar-refractivity contribution >= 4 is 35.1 Å². The highest BCUT2D eigenvalue weighted by molar-refractivity contribution is 5.96. The topological polar surface area (TPSA) is 111 Å². The molecule has 1 aromatic carbocycles. The number of imide groups is 1. The van der Waals surface area contributed by atoms with Crippen molar-refractivity contribution in [2.45, 2.75) is 19.9 Å². The lowest BCUT2D eigenvalue weighted by Crippen LogP contribution is -2.43. The molecule has 0 aliphatic rings. The minimum Gasteiger partial charge on any atom is -0.452 e. The fraction of sp³-hybridized carbons (Fsp3) is 0.250. The molecule has 8 nitrogen and oxygen atoms in total. The molecule has 0 aliphatic carbocycles. The number of para-hydroxylation sites is 2. The third-order valence-electron chi connectivity index (χ3n) is 2.69. The zero-order valence-corrected chi connectivity index (χ0v) is 13.2. The summed E-state index contributed by atoms with van der Waals surface area (Å²) < 4.78 is 10.1. The Kier molecular flexibility index (Phi) is 5.67. The number of nitrogens with one attached hydrogen (secondary N) is 2. The van der Waals surface area contributed by atoms with Crippen LogP contribution in [0.1, 0.15) is 19.7 Å². The van der Waals surface area contributed by atoms with Gasteiger partial charge in [0, 0.05) is 18.2 Å². The van der Waals surface area contributed by atoms with Gasteiger partial charge in [-0.15, -0.1) is 0 Å². The van der Waals surface area contributed by atoms with E-state index in [0.717, 1.165) is 6.08 Å². The molecule has 0 radical (unpaired) electrons. The second-order valence-electron chi connectivity index (χ2n) is 5.14. The van der Waals surface area contributed by atoms with E-state index in [1.807, 2.05) is 17.4 Å². The first-order valence-corrected chi connectivity index (χ1v) is 7.25. The van der Waals surface area contributed by atoms with Crippen LogP contribution in [0.15, 0.2) is 34.8 Å². The minimum atomic E-state index is -0.753. The number of carbonyl (C=O) groups excluding carboxylic acids is 3. The summed E-state index contributed by atoms with van der Waals surface area (Å²) in [6, 6.07) is 6.41. The lowest BCUT2D eigenvalue weighted by atomic mass is 10.3. The fourth-order valence-electron chi connectivity index (χ4n) is 1.75. The van der Waals surface area contributed by atoms with E-state index in [2.05, 4.69) is 10.3 Å². The van der Waals surface area contributed by atoms with Crippen LogP contribution >= 0.6 is 0 Å². The molecule has 0 bridgehead atoms. The molecule has 2 aromatic rings. The van der Waals surface area contributed by atoms with E-state index in [1.54, 1.807) is 26.0 Å². The number of carbonyl (C=O) groups is 3. The zero-order chi connectivity index (χ0) is 17.5. The van der Waals surface area contributed by atoms with Gasteiger partial charge in [-0.3, -0.25) is 10.1 Å². The van der Waals surface area contributed by atoms with Crippen molar-refractivity contribution in [2.24, 2.45) is 0 Å². The number of amides is 3. The quantitative estimate of drug-likeness (QED) is 0.636. The summed E-state index contributed by atoms with van der Waals surface area (Å²) in [6.07, 6.45) is 2.43. The van der Waals surface area contributed by atoms with Gasteiger partial charge >= 0.3 is 12.0 Å². The van der Waals surface area contributed by atoms with Crippen molar-refractivity contribution in [1.29, 1.82) is 0 Å². The van der Waals surface area contributed by atoms with Crippen molar-refractivity contribution in [3.05, 3.63) is 36.2 Å². The van der Waals surface area contributed by atoms with Crippen LogP contribution in [0.4, 0.5) is 4.79 Å². The van der Waals surface area contributed by atoms with Gasteiger partial charge in [-0.25, -0.2) is 14.6 Å². The molecule has 126 valence electrons. The monoisotopic (exact) mass is 331 g/mol. The second kappa shape index (κ2) is 7.91. The van der Waals surface area contributed by atoms with Crippen LogP contribution in [0, 0.1) is 0 Å². The summed E-state index contributed by atoms with van der Waals surface area (Å²) in [6.45, 7) is 2.93. The normalized spacial score (nSPS) is 11.0. The van der Waals surface area contributed by atoms with Crippen LogP contribution in [0.25, 0.3) is 17.2 Å². The molecule has 0 saturated heterocycles. The first kappa shape index (κ1) is 17.2. The van der Waals surface area contributed by atoms with Crippen LogP contribution < -0.4 is 10.6 Å². The minimum absolute atomic E-state index is 0.111. The zero-order valence-electron chi connectivity index (χ0n) is 13.2. The molecule has 2 rings (SSSR count). The van der Waals surface area contributed by atoms with Crippen molar-refractivity contribution in [2.75, 3.05) is 6.61 Å². The highest BCUT2D eigenvalue weighted by Crippen LogP contribution is 2.15. The lowest BCUT2D eigenvalue weighted by Gasteiger charge is -2.08. The van der Waals surface area contributed by atoms with Crippen LogP contribution in [0.5, 0.6) is 0 Å². The highest BCUT2D eigenvalue weighted by Gasteiger charge is 2.10. The van der Waals surface area contributed by atoms with Gasteiger partial charge in [-0.05, 0) is 26.0 Å². The SMILES string of the molecule is CC(C)NC(=O)NC(=O)COC(=O)/C=C/c1nc2ccccc2o1. The summed E-state index contributed by atoms with van der Waals surface area (Å²) in [7, 11) is 0. The number of rotatable bonds is 5. The standard InChI is InChI=1S/C16H17N3O5/c1-10(2)17-16(22)19-13(20)9-23-15(21)8-7-14-18-11-5-3-4-6-12(11)24-14/h3-8,10H,9H2,1-2H3,(H2,17,19,20,22)/b8-7+. The van der Waals surface area contributed by atoms with Gasteiger partial charge in [0.15, 0.2) is 12.2 Å². The number of oxazole rings is 1. The molecule has 8 heteroatoms. The van der Waals surface area contributed by atoms with E-state index in [0.29, 0.717) is 11.1 Å². The van der Waals surface area contributed by atoms with E-state index < -0.39 is 24.5 Å². The summed E-state index contributed by atoms with van der Waals surface area (Å²) in [5, 5.41) is 4.51. The molecule has 0 spiro atoms. The van der Waals surface area contributed by atoms with Crippen LogP contribution in [0.3, 0.4) is 0 Å². The van der Waals surface area contributed by atoms with Crippen molar-refractivity contribution in [3.63, 3.8) is 0 Å². The summed E-state index contributed by atoms with van der Waals surface area (Å²) in [4.78, 5) is 38.4. The predicted molar refractivity (Wildman–Crippen MR) is 85.8 cm³/mol. The van der Waals surface area contributed by atoms with Crippen molar-refractivity contribution in [3.8, 4) is 0 Å². The molecule has 24 heavy (non-hydrogen) atoms.